The van der Waals surface area contributed by atoms with Gasteiger partial charge in [0.15, 0.2) is 6.61 Å². The third-order valence-electron chi connectivity index (χ3n) is 4.71. The molecule has 2 aromatic rings. The molecule has 1 atom stereocenters. The molecule has 0 aromatic carbocycles. The average molecular weight is 429 g/mol. The number of pyridine rings is 1. The molecule has 1 amide bonds. The van der Waals surface area contributed by atoms with E-state index < -0.39 is 24.5 Å². The molecular formula is C22H24N2O5S. The summed E-state index contributed by atoms with van der Waals surface area (Å²) in [7, 11) is 0. The minimum Gasteiger partial charge on any atom is -0.462 e. The maximum atomic E-state index is 12.5. The smallest absolute Gasteiger partial charge is 0.341 e. The molecule has 0 fully saturated rings. The van der Waals surface area contributed by atoms with E-state index in [0.29, 0.717) is 16.5 Å². The zero-order chi connectivity index (χ0) is 21.5. The van der Waals surface area contributed by atoms with Gasteiger partial charge in [0.25, 0.3) is 5.91 Å². The van der Waals surface area contributed by atoms with E-state index in [1.165, 1.54) is 17.4 Å². The first-order chi connectivity index (χ1) is 14.5. The predicted molar refractivity (Wildman–Crippen MR) is 114 cm³/mol. The van der Waals surface area contributed by atoms with Crippen molar-refractivity contribution in [2.24, 2.45) is 5.92 Å². The van der Waals surface area contributed by atoms with Gasteiger partial charge in [0.05, 0.1) is 12.2 Å². The lowest BCUT2D eigenvalue weighted by molar-refractivity contribution is -0.142. The molecule has 0 bridgehead atoms. The van der Waals surface area contributed by atoms with E-state index in [1.807, 2.05) is 0 Å². The Kier molecular flexibility index (Phi) is 7.35. The zero-order valence-corrected chi connectivity index (χ0v) is 17.8. The lowest BCUT2D eigenvalue weighted by atomic mass is 9.88. The van der Waals surface area contributed by atoms with Crippen molar-refractivity contribution in [1.82, 2.24) is 4.98 Å². The van der Waals surface area contributed by atoms with Crippen molar-refractivity contribution in [3.8, 4) is 0 Å². The quantitative estimate of drug-likeness (QED) is 0.534. The molecule has 158 valence electrons. The highest BCUT2D eigenvalue weighted by atomic mass is 32.1. The molecular weight excluding hydrogens is 404 g/mol. The zero-order valence-electron chi connectivity index (χ0n) is 17.0. The van der Waals surface area contributed by atoms with Gasteiger partial charge in [0.1, 0.15) is 5.00 Å². The Labute approximate surface area is 179 Å². The number of nitrogens with zero attached hydrogens (tertiary/aromatic N) is 1. The minimum absolute atomic E-state index is 0.259. The van der Waals surface area contributed by atoms with E-state index in [9.17, 15) is 14.4 Å². The van der Waals surface area contributed by atoms with Crippen molar-refractivity contribution in [1.29, 1.82) is 0 Å². The van der Waals surface area contributed by atoms with Gasteiger partial charge < -0.3 is 14.8 Å². The van der Waals surface area contributed by atoms with Crippen LogP contribution in [-0.4, -0.2) is 36.0 Å². The molecule has 0 spiro atoms. The van der Waals surface area contributed by atoms with Crippen LogP contribution in [-0.2, 0) is 31.9 Å². The number of hydrogen-bond donors (Lipinski definition) is 1. The Morgan fingerprint density at radius 1 is 1.27 bits per heavy atom. The summed E-state index contributed by atoms with van der Waals surface area (Å²) in [6, 6.07) is 3.49. The van der Waals surface area contributed by atoms with Crippen LogP contribution in [0.25, 0.3) is 6.08 Å². The number of ether oxygens (including phenoxy) is 2. The van der Waals surface area contributed by atoms with Crippen LogP contribution in [0.4, 0.5) is 5.00 Å². The number of amides is 1. The number of anilines is 1. The SMILES string of the molecule is CCOC(=O)c1c(NC(=O)COC(=O)C=Cc2ccncc2)sc2c1CCC(C)C2. The van der Waals surface area contributed by atoms with Gasteiger partial charge in [-0.15, -0.1) is 11.3 Å². The van der Waals surface area contributed by atoms with Crippen molar-refractivity contribution >= 4 is 40.3 Å². The second kappa shape index (κ2) is 10.2. The number of esters is 2. The van der Waals surface area contributed by atoms with Crippen molar-refractivity contribution < 1.29 is 23.9 Å². The predicted octanol–water partition coefficient (Wildman–Crippen LogP) is 3.64. The highest BCUT2D eigenvalue weighted by Gasteiger charge is 2.29. The van der Waals surface area contributed by atoms with E-state index in [1.54, 1.807) is 37.5 Å². The summed E-state index contributed by atoms with van der Waals surface area (Å²) in [5, 5.41) is 3.18. The summed E-state index contributed by atoms with van der Waals surface area (Å²) in [5.41, 5.74) is 2.19. The summed E-state index contributed by atoms with van der Waals surface area (Å²) in [6.07, 6.45) is 8.70. The average Bonchev–Trinajstić information content (AvgIpc) is 3.08. The van der Waals surface area contributed by atoms with Crippen LogP contribution >= 0.6 is 11.3 Å². The van der Waals surface area contributed by atoms with Crippen molar-refractivity contribution in [3.05, 3.63) is 52.2 Å². The highest BCUT2D eigenvalue weighted by Crippen LogP contribution is 2.40. The van der Waals surface area contributed by atoms with Crippen LogP contribution in [0, 0.1) is 5.92 Å². The summed E-state index contributed by atoms with van der Waals surface area (Å²) in [6.45, 7) is 3.73. The van der Waals surface area contributed by atoms with E-state index >= 15 is 0 Å². The first kappa shape index (κ1) is 21.7. The molecule has 0 saturated heterocycles. The van der Waals surface area contributed by atoms with Gasteiger partial charge in [-0.25, -0.2) is 9.59 Å². The van der Waals surface area contributed by atoms with Crippen LogP contribution in [0.15, 0.2) is 30.6 Å². The summed E-state index contributed by atoms with van der Waals surface area (Å²) >= 11 is 1.40. The lowest BCUT2D eigenvalue weighted by Crippen LogP contribution is -2.21. The summed E-state index contributed by atoms with van der Waals surface area (Å²) in [5.74, 6) is -1.04. The number of aromatic nitrogens is 1. The summed E-state index contributed by atoms with van der Waals surface area (Å²) < 4.78 is 10.2. The molecule has 30 heavy (non-hydrogen) atoms. The Morgan fingerprint density at radius 2 is 2.03 bits per heavy atom. The molecule has 0 radical (unpaired) electrons. The van der Waals surface area contributed by atoms with Crippen LogP contribution in [0.5, 0.6) is 0 Å². The fraction of sp³-hybridized carbons (Fsp3) is 0.364. The molecule has 1 N–H and O–H groups in total. The molecule has 2 aromatic heterocycles. The fourth-order valence-electron chi connectivity index (χ4n) is 3.24. The fourth-order valence-corrected chi connectivity index (χ4v) is 4.66. The van der Waals surface area contributed by atoms with E-state index in [2.05, 4.69) is 17.2 Å². The number of fused-ring (bicyclic) bond motifs is 1. The van der Waals surface area contributed by atoms with Crippen molar-refractivity contribution in [2.75, 3.05) is 18.5 Å². The second-order valence-electron chi connectivity index (χ2n) is 7.05. The van der Waals surface area contributed by atoms with Gasteiger partial charge in [0, 0.05) is 23.3 Å². The van der Waals surface area contributed by atoms with Gasteiger partial charge >= 0.3 is 11.9 Å². The number of rotatable bonds is 7. The minimum atomic E-state index is -0.633. The van der Waals surface area contributed by atoms with E-state index in [0.717, 1.165) is 35.3 Å². The topological polar surface area (TPSA) is 94.6 Å². The normalized spacial score (nSPS) is 15.5. The lowest BCUT2D eigenvalue weighted by Gasteiger charge is -2.18. The largest absolute Gasteiger partial charge is 0.462 e. The molecule has 8 heteroatoms. The second-order valence-corrected chi connectivity index (χ2v) is 8.15. The Hall–Kier alpha value is -3.00. The number of carbonyl (C=O) groups is 3. The molecule has 2 heterocycles. The number of nitrogens with one attached hydrogen (secondary N) is 1. The van der Waals surface area contributed by atoms with Gasteiger partial charge in [0.2, 0.25) is 0 Å². The highest BCUT2D eigenvalue weighted by molar-refractivity contribution is 7.17. The molecule has 1 unspecified atom stereocenters. The third-order valence-corrected chi connectivity index (χ3v) is 5.88. The number of thiophene rings is 1. The number of carbonyl (C=O) groups excluding carboxylic acids is 3. The third kappa shape index (κ3) is 5.54. The molecule has 0 saturated carbocycles. The molecule has 0 aliphatic heterocycles. The van der Waals surface area contributed by atoms with Crippen molar-refractivity contribution in [3.63, 3.8) is 0 Å². The Bertz CT molecular complexity index is 952. The van der Waals surface area contributed by atoms with E-state index in [4.69, 9.17) is 9.47 Å². The molecule has 1 aliphatic rings. The monoisotopic (exact) mass is 428 g/mol. The van der Waals surface area contributed by atoms with Crippen LogP contribution < -0.4 is 5.32 Å². The van der Waals surface area contributed by atoms with Crippen LogP contribution in [0.2, 0.25) is 0 Å². The van der Waals surface area contributed by atoms with Crippen molar-refractivity contribution in [2.45, 2.75) is 33.1 Å². The standard InChI is InChI=1S/C22H24N2O5S/c1-3-28-22(27)20-16-6-4-14(2)12-17(16)30-21(20)24-18(25)13-29-19(26)7-5-15-8-10-23-11-9-15/h5,7-11,14H,3-4,6,12-13H2,1-2H3,(H,24,25). The molecule has 1 aliphatic carbocycles. The maximum absolute atomic E-state index is 12.5. The van der Waals surface area contributed by atoms with Gasteiger partial charge in [-0.1, -0.05) is 6.92 Å². The van der Waals surface area contributed by atoms with Crippen LogP contribution in [0.1, 0.15) is 46.6 Å². The van der Waals surface area contributed by atoms with Crippen LogP contribution in [0.3, 0.4) is 0 Å². The first-order valence-electron chi connectivity index (χ1n) is 9.84. The molecule has 7 nitrogen and oxygen atoms in total. The maximum Gasteiger partial charge on any atom is 0.341 e. The Balaban J connectivity index is 1.63. The van der Waals surface area contributed by atoms with Gasteiger partial charge in [-0.2, -0.15) is 0 Å². The van der Waals surface area contributed by atoms with E-state index in [-0.39, 0.29) is 6.61 Å². The summed E-state index contributed by atoms with van der Waals surface area (Å²) in [4.78, 5) is 41.7. The van der Waals surface area contributed by atoms with Gasteiger partial charge in [-0.05, 0) is 61.4 Å². The number of hydrogen-bond acceptors (Lipinski definition) is 7. The van der Waals surface area contributed by atoms with Gasteiger partial charge in [-0.3, -0.25) is 9.78 Å². The Morgan fingerprint density at radius 3 is 2.77 bits per heavy atom. The first-order valence-corrected chi connectivity index (χ1v) is 10.7. The molecule has 3 rings (SSSR count).